The Morgan fingerprint density at radius 1 is 1.26 bits per heavy atom. The minimum absolute atomic E-state index is 0.518. The molecule has 4 heteroatoms. The normalized spacial score (nSPS) is 18.4. The van der Waals surface area contributed by atoms with Gasteiger partial charge in [0.1, 0.15) is 0 Å². The van der Waals surface area contributed by atoms with Gasteiger partial charge >= 0.3 is 0 Å². The van der Waals surface area contributed by atoms with E-state index < -0.39 is 0 Å². The molecule has 2 N–H and O–H groups in total. The smallest absolute Gasteiger partial charge is 0.215 e. The topological polar surface area (TPSA) is 51.4 Å². The van der Waals surface area contributed by atoms with E-state index in [9.17, 15) is 0 Å². The van der Waals surface area contributed by atoms with Gasteiger partial charge in [-0.3, -0.25) is 0 Å². The standard InChI is InChI=1S/C15H25N3O/c1-4-15(5-2)8-10-18(11-9-15)14-12(16)6-7-13(17-14)19-3/h6-7H,4-5,8-11,16H2,1-3H3. The van der Waals surface area contributed by atoms with E-state index in [4.69, 9.17) is 10.5 Å². The highest BCUT2D eigenvalue weighted by Gasteiger charge is 2.32. The lowest BCUT2D eigenvalue weighted by molar-refractivity contribution is 0.199. The predicted molar refractivity (Wildman–Crippen MR) is 79.7 cm³/mol. The van der Waals surface area contributed by atoms with Crippen molar-refractivity contribution in [1.29, 1.82) is 0 Å². The Labute approximate surface area is 116 Å². The number of nitrogens with zero attached hydrogens (tertiary/aromatic N) is 2. The molecule has 0 amide bonds. The van der Waals surface area contributed by atoms with Gasteiger partial charge in [-0.05, 0) is 24.3 Å². The zero-order chi connectivity index (χ0) is 13.9. The zero-order valence-corrected chi connectivity index (χ0v) is 12.3. The largest absolute Gasteiger partial charge is 0.481 e. The minimum Gasteiger partial charge on any atom is -0.481 e. The number of methoxy groups -OCH3 is 1. The summed E-state index contributed by atoms with van der Waals surface area (Å²) in [6.07, 6.45) is 4.97. The fourth-order valence-corrected chi connectivity index (χ4v) is 2.96. The van der Waals surface area contributed by atoms with E-state index in [0.29, 0.717) is 11.3 Å². The molecule has 1 aromatic heterocycles. The van der Waals surface area contributed by atoms with Crippen molar-refractivity contribution in [3.63, 3.8) is 0 Å². The number of piperidine rings is 1. The lowest BCUT2D eigenvalue weighted by Crippen LogP contribution is -2.40. The fraction of sp³-hybridized carbons (Fsp3) is 0.667. The van der Waals surface area contributed by atoms with Gasteiger partial charge in [-0.2, -0.15) is 4.98 Å². The van der Waals surface area contributed by atoms with Crippen LogP contribution >= 0.6 is 0 Å². The van der Waals surface area contributed by atoms with Gasteiger partial charge in [-0.25, -0.2) is 0 Å². The summed E-state index contributed by atoms with van der Waals surface area (Å²) >= 11 is 0. The maximum atomic E-state index is 6.05. The number of aromatic nitrogens is 1. The average molecular weight is 263 g/mol. The third-order valence-electron chi connectivity index (χ3n) is 4.71. The van der Waals surface area contributed by atoms with E-state index in [2.05, 4.69) is 23.7 Å². The quantitative estimate of drug-likeness (QED) is 0.907. The first-order valence-corrected chi connectivity index (χ1v) is 7.19. The molecule has 106 valence electrons. The molecule has 1 saturated heterocycles. The van der Waals surface area contributed by atoms with Crippen LogP contribution in [-0.2, 0) is 0 Å². The van der Waals surface area contributed by atoms with Crippen LogP contribution in [0.15, 0.2) is 12.1 Å². The molecule has 0 unspecified atom stereocenters. The second-order valence-corrected chi connectivity index (χ2v) is 5.46. The predicted octanol–water partition coefficient (Wildman–Crippen LogP) is 3.08. The van der Waals surface area contributed by atoms with Crippen LogP contribution in [0.5, 0.6) is 5.88 Å². The van der Waals surface area contributed by atoms with Crippen LogP contribution in [0.2, 0.25) is 0 Å². The molecule has 2 rings (SSSR count). The second-order valence-electron chi connectivity index (χ2n) is 5.46. The molecular weight excluding hydrogens is 238 g/mol. The van der Waals surface area contributed by atoms with Crippen LogP contribution in [0.3, 0.4) is 0 Å². The van der Waals surface area contributed by atoms with E-state index in [1.807, 2.05) is 12.1 Å². The first-order valence-electron chi connectivity index (χ1n) is 7.19. The molecule has 0 atom stereocenters. The number of rotatable bonds is 4. The fourth-order valence-electron chi connectivity index (χ4n) is 2.96. The third kappa shape index (κ3) is 2.77. The van der Waals surface area contributed by atoms with Crippen molar-refractivity contribution < 1.29 is 4.74 Å². The summed E-state index contributed by atoms with van der Waals surface area (Å²) in [7, 11) is 1.64. The van der Waals surface area contributed by atoms with Crippen molar-refractivity contribution in [2.24, 2.45) is 5.41 Å². The van der Waals surface area contributed by atoms with Crippen LogP contribution in [0.1, 0.15) is 39.5 Å². The number of hydrogen-bond donors (Lipinski definition) is 1. The Morgan fingerprint density at radius 2 is 1.89 bits per heavy atom. The number of hydrogen-bond acceptors (Lipinski definition) is 4. The Kier molecular flexibility index (Phi) is 4.17. The molecule has 0 bridgehead atoms. The SMILES string of the molecule is CCC1(CC)CCN(c2nc(OC)ccc2N)CC1. The minimum atomic E-state index is 0.518. The summed E-state index contributed by atoms with van der Waals surface area (Å²) in [5.74, 6) is 1.51. The molecule has 1 fully saturated rings. The highest BCUT2D eigenvalue weighted by molar-refractivity contribution is 5.63. The van der Waals surface area contributed by atoms with Crippen molar-refractivity contribution >= 4 is 11.5 Å². The molecule has 1 aliphatic heterocycles. The van der Waals surface area contributed by atoms with E-state index in [-0.39, 0.29) is 0 Å². The molecule has 4 nitrogen and oxygen atoms in total. The van der Waals surface area contributed by atoms with Crippen molar-refractivity contribution in [2.75, 3.05) is 30.8 Å². The van der Waals surface area contributed by atoms with E-state index in [1.165, 1.54) is 25.7 Å². The van der Waals surface area contributed by atoms with Gasteiger partial charge in [-0.1, -0.05) is 26.7 Å². The second kappa shape index (κ2) is 5.68. The Hall–Kier alpha value is -1.45. The summed E-state index contributed by atoms with van der Waals surface area (Å²) < 4.78 is 5.19. The maximum Gasteiger partial charge on any atom is 0.215 e. The molecule has 1 aromatic rings. The lowest BCUT2D eigenvalue weighted by atomic mass is 9.74. The summed E-state index contributed by atoms with van der Waals surface area (Å²) in [4.78, 5) is 6.79. The van der Waals surface area contributed by atoms with Crippen LogP contribution in [0.25, 0.3) is 0 Å². The average Bonchev–Trinajstić information content (AvgIpc) is 2.48. The van der Waals surface area contributed by atoms with Gasteiger partial charge < -0.3 is 15.4 Å². The van der Waals surface area contributed by atoms with Crippen LogP contribution < -0.4 is 15.4 Å². The Balaban J connectivity index is 2.13. The molecule has 0 spiro atoms. The van der Waals surface area contributed by atoms with E-state index in [0.717, 1.165) is 24.6 Å². The van der Waals surface area contributed by atoms with Gasteiger partial charge in [0.25, 0.3) is 0 Å². The van der Waals surface area contributed by atoms with Crippen molar-refractivity contribution in [2.45, 2.75) is 39.5 Å². The monoisotopic (exact) mass is 263 g/mol. The van der Waals surface area contributed by atoms with E-state index in [1.54, 1.807) is 7.11 Å². The van der Waals surface area contributed by atoms with Gasteiger partial charge in [0.15, 0.2) is 5.82 Å². The number of nitrogen functional groups attached to an aromatic ring is 1. The zero-order valence-electron chi connectivity index (χ0n) is 12.3. The molecule has 0 saturated carbocycles. The number of pyridine rings is 1. The Bertz CT molecular complexity index is 419. The first kappa shape index (κ1) is 14.0. The van der Waals surface area contributed by atoms with Gasteiger partial charge in [0, 0.05) is 19.2 Å². The number of ether oxygens (including phenoxy) is 1. The highest BCUT2D eigenvalue weighted by Crippen LogP contribution is 2.39. The number of anilines is 2. The van der Waals surface area contributed by atoms with Gasteiger partial charge in [0.05, 0.1) is 12.8 Å². The van der Waals surface area contributed by atoms with Crippen molar-refractivity contribution in [3.05, 3.63) is 12.1 Å². The molecule has 0 radical (unpaired) electrons. The van der Waals surface area contributed by atoms with Gasteiger partial charge in [-0.15, -0.1) is 0 Å². The summed E-state index contributed by atoms with van der Waals surface area (Å²) in [6.45, 7) is 6.67. The maximum absolute atomic E-state index is 6.05. The summed E-state index contributed by atoms with van der Waals surface area (Å²) in [6, 6.07) is 3.69. The Morgan fingerprint density at radius 3 is 2.42 bits per heavy atom. The van der Waals surface area contributed by atoms with Crippen molar-refractivity contribution in [3.8, 4) is 5.88 Å². The highest BCUT2D eigenvalue weighted by atomic mass is 16.5. The molecule has 0 aromatic carbocycles. The lowest BCUT2D eigenvalue weighted by Gasteiger charge is -2.41. The number of nitrogens with two attached hydrogens (primary N) is 1. The summed E-state index contributed by atoms with van der Waals surface area (Å²) in [5, 5.41) is 0. The summed E-state index contributed by atoms with van der Waals surface area (Å²) in [5.41, 5.74) is 7.30. The molecule has 0 aliphatic carbocycles. The first-order chi connectivity index (χ1) is 9.14. The van der Waals surface area contributed by atoms with Crippen molar-refractivity contribution in [1.82, 2.24) is 4.98 Å². The molecular formula is C15H25N3O. The van der Waals surface area contributed by atoms with Crippen LogP contribution in [-0.4, -0.2) is 25.2 Å². The molecule has 2 heterocycles. The van der Waals surface area contributed by atoms with Gasteiger partial charge in [0.2, 0.25) is 5.88 Å². The third-order valence-corrected chi connectivity index (χ3v) is 4.71. The molecule has 1 aliphatic rings. The van der Waals surface area contributed by atoms with Crippen LogP contribution in [0.4, 0.5) is 11.5 Å². The van der Waals surface area contributed by atoms with E-state index >= 15 is 0 Å². The molecule has 19 heavy (non-hydrogen) atoms. The van der Waals surface area contributed by atoms with Crippen LogP contribution in [0, 0.1) is 5.41 Å².